The van der Waals surface area contributed by atoms with Gasteiger partial charge in [0.15, 0.2) is 0 Å². The lowest BCUT2D eigenvalue weighted by atomic mass is 10.0. The third-order valence-corrected chi connectivity index (χ3v) is 3.57. The zero-order valence-corrected chi connectivity index (χ0v) is 11.2. The van der Waals surface area contributed by atoms with Gasteiger partial charge in [0.25, 0.3) is 0 Å². The zero-order valence-electron chi connectivity index (χ0n) is 11.2. The number of hydrogen-bond donors (Lipinski definition) is 1. The lowest BCUT2D eigenvalue weighted by Gasteiger charge is -2.34. The average molecular weight is 250 g/mol. The van der Waals surface area contributed by atoms with E-state index in [1.54, 1.807) is 6.07 Å². The largest absolute Gasteiger partial charge is 0.477 e. The van der Waals surface area contributed by atoms with Gasteiger partial charge in [0.1, 0.15) is 5.69 Å². The molecule has 1 aliphatic rings. The SMILES string of the molecule is CC(C)CN1CCC(n2cccc2C(=O)O)CC1. The van der Waals surface area contributed by atoms with Crippen LogP contribution >= 0.6 is 0 Å². The predicted molar refractivity (Wildman–Crippen MR) is 70.9 cm³/mol. The second kappa shape index (κ2) is 5.57. The molecular formula is C14H22N2O2. The van der Waals surface area contributed by atoms with Crippen LogP contribution in [0.5, 0.6) is 0 Å². The van der Waals surface area contributed by atoms with E-state index in [9.17, 15) is 4.79 Å². The fourth-order valence-electron chi connectivity index (χ4n) is 2.79. The third-order valence-electron chi connectivity index (χ3n) is 3.57. The number of hydrogen-bond acceptors (Lipinski definition) is 2. The Hall–Kier alpha value is -1.29. The summed E-state index contributed by atoms with van der Waals surface area (Å²) >= 11 is 0. The van der Waals surface area contributed by atoms with Gasteiger partial charge in [-0.25, -0.2) is 4.79 Å². The van der Waals surface area contributed by atoms with Gasteiger partial charge in [-0.3, -0.25) is 0 Å². The molecule has 0 atom stereocenters. The van der Waals surface area contributed by atoms with Crippen LogP contribution in [0.2, 0.25) is 0 Å². The van der Waals surface area contributed by atoms with E-state index in [0.29, 0.717) is 17.7 Å². The van der Waals surface area contributed by atoms with Crippen LogP contribution in [0.1, 0.15) is 43.2 Å². The number of piperidine rings is 1. The Morgan fingerprint density at radius 3 is 2.67 bits per heavy atom. The van der Waals surface area contributed by atoms with Gasteiger partial charge < -0.3 is 14.6 Å². The van der Waals surface area contributed by atoms with Crippen LogP contribution in [0.4, 0.5) is 0 Å². The fraction of sp³-hybridized carbons (Fsp3) is 0.643. The third kappa shape index (κ3) is 2.93. The highest BCUT2D eigenvalue weighted by Gasteiger charge is 2.23. The molecule has 0 radical (unpaired) electrons. The zero-order chi connectivity index (χ0) is 13.1. The fourth-order valence-corrected chi connectivity index (χ4v) is 2.79. The van der Waals surface area contributed by atoms with Crippen molar-refractivity contribution in [3.63, 3.8) is 0 Å². The summed E-state index contributed by atoms with van der Waals surface area (Å²) < 4.78 is 1.93. The molecule has 100 valence electrons. The van der Waals surface area contributed by atoms with Crippen LogP contribution in [-0.4, -0.2) is 40.2 Å². The molecule has 0 amide bonds. The van der Waals surface area contributed by atoms with E-state index in [4.69, 9.17) is 5.11 Å². The minimum Gasteiger partial charge on any atom is -0.477 e. The predicted octanol–water partition coefficient (Wildman–Crippen LogP) is 2.48. The van der Waals surface area contributed by atoms with Gasteiger partial charge in [0.2, 0.25) is 0 Å². The van der Waals surface area contributed by atoms with Crippen molar-refractivity contribution in [3.8, 4) is 0 Å². The Bertz CT molecular complexity index is 404. The molecule has 1 saturated heterocycles. The minimum atomic E-state index is -0.829. The Kier molecular flexibility index (Phi) is 4.07. The molecule has 18 heavy (non-hydrogen) atoms. The number of carboxylic acid groups (broad SMARTS) is 1. The topological polar surface area (TPSA) is 45.5 Å². The van der Waals surface area contributed by atoms with E-state index in [-0.39, 0.29) is 0 Å². The Balaban J connectivity index is 1.97. The number of aromatic carboxylic acids is 1. The Morgan fingerprint density at radius 1 is 1.44 bits per heavy atom. The van der Waals surface area contributed by atoms with Gasteiger partial charge >= 0.3 is 5.97 Å². The van der Waals surface area contributed by atoms with Crippen molar-refractivity contribution in [1.82, 2.24) is 9.47 Å². The van der Waals surface area contributed by atoms with Crippen LogP contribution in [0.3, 0.4) is 0 Å². The Morgan fingerprint density at radius 2 is 2.11 bits per heavy atom. The second-order valence-electron chi connectivity index (χ2n) is 5.53. The van der Waals surface area contributed by atoms with E-state index in [2.05, 4.69) is 18.7 Å². The number of rotatable bonds is 4. The Labute approximate surface area is 108 Å². The summed E-state index contributed by atoms with van der Waals surface area (Å²) in [6.45, 7) is 7.76. The highest BCUT2D eigenvalue weighted by atomic mass is 16.4. The number of carbonyl (C=O) groups is 1. The number of aromatic nitrogens is 1. The quantitative estimate of drug-likeness (QED) is 0.893. The van der Waals surface area contributed by atoms with Crippen LogP contribution in [-0.2, 0) is 0 Å². The summed E-state index contributed by atoms with van der Waals surface area (Å²) in [6.07, 6.45) is 3.98. The van der Waals surface area contributed by atoms with E-state index >= 15 is 0 Å². The number of nitrogens with zero attached hydrogens (tertiary/aromatic N) is 2. The maximum atomic E-state index is 11.1. The molecule has 4 nitrogen and oxygen atoms in total. The van der Waals surface area contributed by atoms with E-state index in [0.717, 1.165) is 32.5 Å². The van der Waals surface area contributed by atoms with Gasteiger partial charge in [-0.1, -0.05) is 13.8 Å². The van der Waals surface area contributed by atoms with Gasteiger partial charge in [0.05, 0.1) is 0 Å². The molecule has 0 aromatic carbocycles. The smallest absolute Gasteiger partial charge is 0.352 e. The van der Waals surface area contributed by atoms with Crippen molar-refractivity contribution in [2.75, 3.05) is 19.6 Å². The molecule has 0 aliphatic carbocycles. The van der Waals surface area contributed by atoms with Crippen LogP contribution < -0.4 is 0 Å². The summed E-state index contributed by atoms with van der Waals surface area (Å²) in [7, 11) is 0. The number of carboxylic acids is 1. The molecule has 1 fully saturated rings. The number of likely N-dealkylation sites (tertiary alicyclic amines) is 1. The van der Waals surface area contributed by atoms with Crippen LogP contribution in [0.25, 0.3) is 0 Å². The minimum absolute atomic E-state index is 0.342. The summed E-state index contributed by atoms with van der Waals surface area (Å²) in [5, 5.41) is 9.12. The first-order valence-electron chi connectivity index (χ1n) is 6.70. The maximum absolute atomic E-state index is 11.1. The first kappa shape index (κ1) is 13.1. The molecule has 0 spiro atoms. The first-order valence-corrected chi connectivity index (χ1v) is 6.70. The molecule has 1 aliphatic heterocycles. The summed E-state index contributed by atoms with van der Waals surface area (Å²) in [5.74, 6) is -0.132. The van der Waals surface area contributed by atoms with E-state index in [1.807, 2.05) is 16.8 Å². The van der Waals surface area contributed by atoms with Crippen molar-refractivity contribution in [1.29, 1.82) is 0 Å². The van der Waals surface area contributed by atoms with Crippen molar-refractivity contribution in [3.05, 3.63) is 24.0 Å². The molecule has 0 unspecified atom stereocenters. The first-order chi connectivity index (χ1) is 8.58. The van der Waals surface area contributed by atoms with E-state index < -0.39 is 5.97 Å². The highest BCUT2D eigenvalue weighted by molar-refractivity contribution is 5.85. The lowest BCUT2D eigenvalue weighted by molar-refractivity contribution is 0.0678. The molecule has 1 aromatic heterocycles. The van der Waals surface area contributed by atoms with Crippen molar-refractivity contribution in [2.45, 2.75) is 32.7 Å². The summed E-state index contributed by atoms with van der Waals surface area (Å²) in [6, 6.07) is 3.85. The molecule has 0 saturated carbocycles. The van der Waals surface area contributed by atoms with Gasteiger partial charge in [0, 0.05) is 31.9 Å². The van der Waals surface area contributed by atoms with Crippen LogP contribution in [0, 0.1) is 5.92 Å². The normalized spacial score (nSPS) is 18.4. The van der Waals surface area contributed by atoms with Crippen LogP contribution in [0.15, 0.2) is 18.3 Å². The second-order valence-corrected chi connectivity index (χ2v) is 5.53. The van der Waals surface area contributed by atoms with Gasteiger partial charge in [-0.15, -0.1) is 0 Å². The molecular weight excluding hydrogens is 228 g/mol. The lowest BCUT2D eigenvalue weighted by Crippen LogP contribution is -2.37. The monoisotopic (exact) mass is 250 g/mol. The highest BCUT2D eigenvalue weighted by Crippen LogP contribution is 2.24. The molecule has 1 aromatic rings. The molecule has 0 bridgehead atoms. The molecule has 2 heterocycles. The van der Waals surface area contributed by atoms with Crippen molar-refractivity contribution < 1.29 is 9.90 Å². The maximum Gasteiger partial charge on any atom is 0.352 e. The summed E-state index contributed by atoms with van der Waals surface area (Å²) in [5.41, 5.74) is 0.414. The van der Waals surface area contributed by atoms with E-state index in [1.165, 1.54) is 0 Å². The van der Waals surface area contributed by atoms with Gasteiger partial charge in [-0.2, -0.15) is 0 Å². The molecule has 1 N–H and O–H groups in total. The molecule has 2 rings (SSSR count). The summed E-state index contributed by atoms with van der Waals surface area (Å²) in [4.78, 5) is 13.6. The van der Waals surface area contributed by atoms with Crippen molar-refractivity contribution >= 4 is 5.97 Å². The average Bonchev–Trinajstić information content (AvgIpc) is 2.78. The standard InChI is InChI=1S/C14H22N2O2/c1-11(2)10-15-8-5-12(6-9-15)16-7-3-4-13(16)14(17)18/h3-4,7,11-12H,5-6,8-10H2,1-2H3,(H,17,18). The molecule has 4 heteroatoms. The van der Waals surface area contributed by atoms with Crippen molar-refractivity contribution in [2.24, 2.45) is 5.92 Å². The van der Waals surface area contributed by atoms with Gasteiger partial charge in [-0.05, 0) is 30.9 Å².